The molecule has 0 atom stereocenters. The fraction of sp³-hybridized carbons (Fsp3) is 0.417. The highest BCUT2D eigenvalue weighted by Gasteiger charge is 2.38. The van der Waals surface area contributed by atoms with Gasteiger partial charge in [-0.15, -0.1) is 0 Å². The van der Waals surface area contributed by atoms with Gasteiger partial charge in [-0.05, 0) is 56.0 Å². The number of aryl methyl sites for hydroxylation is 1. The number of aromatic nitrogens is 5. The molecule has 36 heavy (non-hydrogen) atoms. The fourth-order valence-electron chi connectivity index (χ4n) is 4.64. The highest BCUT2D eigenvalue weighted by molar-refractivity contribution is 6.31. The molecule has 1 N–H and O–H groups in total. The van der Waals surface area contributed by atoms with E-state index in [0.29, 0.717) is 11.9 Å². The largest absolute Gasteiger partial charge is 0.471 e. The molecule has 4 heterocycles. The maximum atomic E-state index is 12.7. The first-order chi connectivity index (χ1) is 17.2. The van der Waals surface area contributed by atoms with E-state index in [1.807, 2.05) is 12.1 Å². The second-order valence-corrected chi connectivity index (χ2v) is 9.47. The first-order valence-electron chi connectivity index (χ1n) is 11.6. The van der Waals surface area contributed by atoms with Crippen LogP contribution in [0.5, 0.6) is 0 Å². The Morgan fingerprint density at radius 2 is 1.89 bits per heavy atom. The topological polar surface area (TPSA) is 84.9 Å². The summed E-state index contributed by atoms with van der Waals surface area (Å²) in [5.74, 6) is -0.522. The molecule has 12 heteroatoms. The van der Waals surface area contributed by atoms with Gasteiger partial charge in [-0.2, -0.15) is 18.2 Å². The van der Waals surface area contributed by atoms with Gasteiger partial charge in [0.1, 0.15) is 0 Å². The Labute approximate surface area is 210 Å². The molecule has 3 aromatic heterocycles. The zero-order chi connectivity index (χ0) is 25.4. The normalized spacial score (nSPS) is 15.2. The minimum atomic E-state index is -4.69. The molecule has 1 aliphatic heterocycles. The van der Waals surface area contributed by atoms with Gasteiger partial charge < -0.3 is 19.3 Å². The summed E-state index contributed by atoms with van der Waals surface area (Å²) in [6.07, 6.45) is 0.114. The minimum absolute atomic E-state index is 0.192. The van der Waals surface area contributed by atoms with Crippen LogP contribution in [0.25, 0.3) is 22.3 Å². The molecule has 0 aliphatic carbocycles. The molecule has 1 aromatic carbocycles. The summed E-state index contributed by atoms with van der Waals surface area (Å²) in [5, 5.41) is 8.91. The van der Waals surface area contributed by atoms with Gasteiger partial charge in [0.25, 0.3) is 0 Å². The summed E-state index contributed by atoms with van der Waals surface area (Å²) >= 11 is 6.23. The Morgan fingerprint density at radius 1 is 1.17 bits per heavy atom. The summed E-state index contributed by atoms with van der Waals surface area (Å²) in [7, 11) is 2.07. The number of fused-ring (bicyclic) bond motifs is 1. The second-order valence-electron chi connectivity index (χ2n) is 9.04. The molecule has 0 spiro atoms. The van der Waals surface area contributed by atoms with Gasteiger partial charge in [0.05, 0.1) is 5.56 Å². The zero-order valence-electron chi connectivity index (χ0n) is 19.8. The molecule has 0 radical (unpaired) electrons. The predicted molar refractivity (Wildman–Crippen MR) is 130 cm³/mol. The van der Waals surface area contributed by atoms with Crippen molar-refractivity contribution in [3.63, 3.8) is 0 Å². The summed E-state index contributed by atoms with van der Waals surface area (Å²) in [4.78, 5) is 14.1. The molecule has 1 aliphatic rings. The van der Waals surface area contributed by atoms with Crippen molar-refractivity contribution in [1.29, 1.82) is 0 Å². The fourth-order valence-corrected chi connectivity index (χ4v) is 4.81. The van der Waals surface area contributed by atoms with Crippen LogP contribution in [0.15, 0.2) is 35.1 Å². The Hall–Kier alpha value is -3.18. The average Bonchev–Trinajstić information content (AvgIpc) is 3.45. The monoisotopic (exact) mass is 519 g/mol. The molecule has 1 fully saturated rings. The number of piperidine rings is 1. The summed E-state index contributed by atoms with van der Waals surface area (Å²) < 4.78 is 44.5. The van der Waals surface area contributed by atoms with Crippen LogP contribution in [0.3, 0.4) is 0 Å². The van der Waals surface area contributed by atoms with Crippen LogP contribution < -0.4 is 10.2 Å². The number of hydrogen-bond donors (Lipinski definition) is 1. The Kier molecular flexibility index (Phi) is 6.60. The Bertz CT molecular complexity index is 1360. The Balaban J connectivity index is 1.14. The van der Waals surface area contributed by atoms with Crippen LogP contribution in [0.1, 0.15) is 30.0 Å². The lowest BCUT2D eigenvalue weighted by molar-refractivity contribution is -0.159. The van der Waals surface area contributed by atoms with Crippen LogP contribution in [-0.4, -0.2) is 44.3 Å². The molecule has 0 bridgehead atoms. The molecule has 4 aromatic rings. The van der Waals surface area contributed by atoms with Gasteiger partial charge in [-0.25, -0.2) is 9.97 Å². The van der Waals surface area contributed by atoms with Crippen LogP contribution in [0.4, 0.5) is 19.1 Å². The van der Waals surface area contributed by atoms with Crippen LogP contribution in [-0.2, 0) is 19.8 Å². The molecular weight excluding hydrogens is 495 g/mol. The SMILES string of the molecule is Cc1c(CNCC2CCN(c3ncc(-c4noc(C(F)(F)F)n4)cn3)CC2)c2cc(Cl)ccc2n1C. The lowest BCUT2D eigenvalue weighted by Gasteiger charge is -2.32. The third-order valence-corrected chi connectivity index (χ3v) is 7.02. The van der Waals surface area contributed by atoms with Gasteiger partial charge >= 0.3 is 12.1 Å². The van der Waals surface area contributed by atoms with E-state index in [2.05, 4.69) is 59.5 Å². The van der Waals surface area contributed by atoms with E-state index in [-0.39, 0.29) is 11.4 Å². The van der Waals surface area contributed by atoms with E-state index in [1.165, 1.54) is 34.6 Å². The van der Waals surface area contributed by atoms with Crippen molar-refractivity contribution in [3.8, 4) is 11.4 Å². The zero-order valence-corrected chi connectivity index (χ0v) is 20.6. The van der Waals surface area contributed by atoms with Crippen molar-refractivity contribution in [2.24, 2.45) is 13.0 Å². The van der Waals surface area contributed by atoms with Gasteiger partial charge in [-0.3, -0.25) is 0 Å². The molecule has 0 saturated carbocycles. The molecule has 0 amide bonds. The van der Waals surface area contributed by atoms with Gasteiger partial charge in [0.2, 0.25) is 11.8 Å². The van der Waals surface area contributed by atoms with Crippen molar-refractivity contribution in [2.45, 2.75) is 32.5 Å². The van der Waals surface area contributed by atoms with Gasteiger partial charge in [0, 0.05) is 60.7 Å². The minimum Gasteiger partial charge on any atom is -0.348 e. The predicted octanol–water partition coefficient (Wildman–Crippen LogP) is 5.01. The number of hydrogen-bond acceptors (Lipinski definition) is 7. The maximum absolute atomic E-state index is 12.7. The Morgan fingerprint density at radius 3 is 2.56 bits per heavy atom. The third-order valence-electron chi connectivity index (χ3n) is 6.78. The highest BCUT2D eigenvalue weighted by atomic mass is 35.5. The molecule has 5 rings (SSSR count). The number of alkyl halides is 3. The number of nitrogens with one attached hydrogen (secondary N) is 1. The second kappa shape index (κ2) is 9.70. The van der Waals surface area contributed by atoms with E-state index in [0.717, 1.165) is 44.0 Å². The van der Waals surface area contributed by atoms with Crippen molar-refractivity contribution in [3.05, 3.63) is 52.8 Å². The van der Waals surface area contributed by atoms with Crippen molar-refractivity contribution >= 4 is 28.5 Å². The van der Waals surface area contributed by atoms with Gasteiger partial charge in [0.15, 0.2) is 0 Å². The first-order valence-corrected chi connectivity index (χ1v) is 12.0. The number of nitrogens with zero attached hydrogens (tertiary/aromatic N) is 6. The lowest BCUT2D eigenvalue weighted by atomic mass is 9.97. The average molecular weight is 520 g/mol. The van der Waals surface area contributed by atoms with E-state index in [9.17, 15) is 13.2 Å². The summed E-state index contributed by atoms with van der Waals surface area (Å²) in [6, 6.07) is 6.00. The van der Waals surface area contributed by atoms with Crippen LogP contribution in [0.2, 0.25) is 5.02 Å². The molecule has 8 nitrogen and oxygen atoms in total. The van der Waals surface area contributed by atoms with E-state index < -0.39 is 12.1 Å². The third kappa shape index (κ3) is 4.90. The number of benzene rings is 1. The molecule has 0 unspecified atom stereocenters. The van der Waals surface area contributed by atoms with Crippen molar-refractivity contribution < 1.29 is 17.7 Å². The van der Waals surface area contributed by atoms with E-state index in [4.69, 9.17) is 11.6 Å². The number of anilines is 1. The number of rotatable bonds is 6. The van der Waals surface area contributed by atoms with E-state index >= 15 is 0 Å². The molecule has 1 saturated heterocycles. The quantitative estimate of drug-likeness (QED) is 0.383. The first kappa shape index (κ1) is 24.5. The maximum Gasteiger partial charge on any atom is 0.471 e. The van der Waals surface area contributed by atoms with Crippen LogP contribution in [0, 0.1) is 12.8 Å². The molecular formula is C24H25ClF3N7O. The summed E-state index contributed by atoms with van der Waals surface area (Å²) in [5.41, 5.74) is 3.94. The standard InChI is InChI=1S/C24H25ClF3N7O/c1-14-19(18-9-17(25)3-4-20(18)34(14)2)13-29-10-15-5-7-35(8-6-15)23-30-11-16(12-31-23)21-32-22(36-33-21)24(26,27)28/h3-4,9,11-12,15,29H,5-8,10,13H2,1-2H3. The van der Waals surface area contributed by atoms with Gasteiger partial charge in [-0.1, -0.05) is 16.8 Å². The van der Waals surface area contributed by atoms with Crippen molar-refractivity contribution in [2.75, 3.05) is 24.5 Å². The molecule has 190 valence electrons. The smallest absolute Gasteiger partial charge is 0.348 e. The summed E-state index contributed by atoms with van der Waals surface area (Å²) in [6.45, 7) is 5.41. The lowest BCUT2D eigenvalue weighted by Crippen LogP contribution is -2.38. The van der Waals surface area contributed by atoms with Crippen molar-refractivity contribution in [1.82, 2.24) is 30.0 Å². The highest BCUT2D eigenvalue weighted by Crippen LogP contribution is 2.30. The number of halogens is 4. The van der Waals surface area contributed by atoms with Crippen LogP contribution >= 0.6 is 11.6 Å². The van der Waals surface area contributed by atoms with E-state index in [1.54, 1.807) is 0 Å².